The molecule has 0 saturated carbocycles. The number of likely N-dealkylation sites (tertiary alicyclic amines) is 1. The molecule has 0 spiro atoms. The maximum Gasteiger partial charge on any atom is 0.241 e. The van der Waals surface area contributed by atoms with Gasteiger partial charge in [0.1, 0.15) is 0 Å². The highest BCUT2D eigenvalue weighted by molar-refractivity contribution is 7.89. The summed E-state index contributed by atoms with van der Waals surface area (Å²) in [6.07, 6.45) is 1.02. The van der Waals surface area contributed by atoms with Crippen LogP contribution in [0, 0.1) is 17.8 Å². The molecule has 114 valence electrons. The lowest BCUT2D eigenvalue weighted by molar-refractivity contribution is 0.394. The molecule has 3 N–H and O–H groups in total. The molecule has 6 heteroatoms. The van der Waals surface area contributed by atoms with Gasteiger partial charge in [0.2, 0.25) is 10.0 Å². The molecule has 1 unspecified atom stereocenters. The lowest BCUT2D eigenvalue weighted by Crippen LogP contribution is -2.31. The second-order valence-electron chi connectivity index (χ2n) is 5.27. The Morgan fingerprint density at radius 3 is 2.86 bits per heavy atom. The van der Waals surface area contributed by atoms with E-state index in [0.29, 0.717) is 18.0 Å². The quantitative estimate of drug-likeness (QED) is 0.781. The summed E-state index contributed by atoms with van der Waals surface area (Å²) in [7, 11) is -1.49. The Kier molecular flexibility index (Phi) is 5.37. The molecule has 0 radical (unpaired) electrons. The van der Waals surface area contributed by atoms with Crippen LogP contribution in [0.2, 0.25) is 0 Å². The van der Waals surface area contributed by atoms with Gasteiger partial charge in [-0.1, -0.05) is 24.0 Å². The van der Waals surface area contributed by atoms with Crippen LogP contribution in [0.4, 0.5) is 0 Å². The monoisotopic (exact) mass is 307 g/mol. The minimum atomic E-state index is -3.54. The summed E-state index contributed by atoms with van der Waals surface area (Å²) in [6, 6.07) is 6.74. The first-order chi connectivity index (χ1) is 10.0. The number of benzene rings is 1. The van der Waals surface area contributed by atoms with Crippen molar-refractivity contribution in [3.05, 3.63) is 29.8 Å². The van der Waals surface area contributed by atoms with E-state index in [1.807, 2.05) is 7.05 Å². The molecule has 1 aliphatic heterocycles. The molecule has 0 bridgehead atoms. The van der Waals surface area contributed by atoms with Crippen molar-refractivity contribution >= 4 is 10.0 Å². The summed E-state index contributed by atoms with van der Waals surface area (Å²) in [6.45, 7) is 2.61. The van der Waals surface area contributed by atoms with Crippen molar-refractivity contribution in [3.63, 3.8) is 0 Å². The molecular weight excluding hydrogens is 286 g/mol. The maximum absolute atomic E-state index is 12.4. The second kappa shape index (κ2) is 7.05. The molecule has 0 aromatic heterocycles. The van der Waals surface area contributed by atoms with Crippen LogP contribution in [0.5, 0.6) is 0 Å². The van der Waals surface area contributed by atoms with Crippen LogP contribution < -0.4 is 10.5 Å². The van der Waals surface area contributed by atoms with Crippen molar-refractivity contribution in [1.82, 2.24) is 9.62 Å². The fraction of sp³-hybridized carbons (Fsp3) is 0.467. The third-order valence-corrected chi connectivity index (χ3v) is 5.03. The second-order valence-corrected chi connectivity index (χ2v) is 7.01. The molecule has 1 aromatic rings. The van der Waals surface area contributed by atoms with Crippen molar-refractivity contribution in [1.29, 1.82) is 0 Å². The van der Waals surface area contributed by atoms with Crippen LogP contribution in [0.25, 0.3) is 0 Å². The Morgan fingerprint density at radius 1 is 1.43 bits per heavy atom. The van der Waals surface area contributed by atoms with Crippen molar-refractivity contribution in [2.24, 2.45) is 11.7 Å². The predicted octanol–water partition coefficient (Wildman–Crippen LogP) is 0.227. The molecule has 1 fully saturated rings. The van der Waals surface area contributed by atoms with Gasteiger partial charge in [0.05, 0.1) is 11.4 Å². The molecule has 1 aliphatic rings. The fourth-order valence-corrected chi connectivity index (χ4v) is 3.73. The van der Waals surface area contributed by atoms with Gasteiger partial charge in [-0.05, 0) is 38.1 Å². The van der Waals surface area contributed by atoms with E-state index in [4.69, 9.17) is 5.73 Å². The highest BCUT2D eigenvalue weighted by atomic mass is 32.2. The van der Waals surface area contributed by atoms with E-state index in [9.17, 15) is 8.42 Å². The Balaban J connectivity index is 2.12. The van der Waals surface area contributed by atoms with Gasteiger partial charge in [-0.3, -0.25) is 0 Å². The number of rotatable bonds is 4. The number of sulfonamides is 1. The van der Waals surface area contributed by atoms with Gasteiger partial charge in [-0.15, -0.1) is 0 Å². The molecule has 1 atom stereocenters. The summed E-state index contributed by atoms with van der Waals surface area (Å²) in [4.78, 5) is 2.43. The first-order valence-corrected chi connectivity index (χ1v) is 8.47. The maximum atomic E-state index is 12.4. The Bertz CT molecular complexity index is 646. The normalized spacial score (nSPS) is 19.2. The average Bonchev–Trinajstić information content (AvgIpc) is 2.89. The van der Waals surface area contributed by atoms with Crippen molar-refractivity contribution < 1.29 is 8.42 Å². The van der Waals surface area contributed by atoms with Crippen LogP contribution >= 0.6 is 0 Å². The smallest absolute Gasteiger partial charge is 0.241 e. The van der Waals surface area contributed by atoms with E-state index in [2.05, 4.69) is 21.5 Å². The highest BCUT2D eigenvalue weighted by Gasteiger charge is 2.23. The Labute approximate surface area is 126 Å². The van der Waals surface area contributed by atoms with E-state index >= 15 is 0 Å². The van der Waals surface area contributed by atoms with Crippen LogP contribution in [0.15, 0.2) is 29.2 Å². The molecular formula is C15H21N3O2S. The lowest BCUT2D eigenvalue weighted by atomic mass is 10.1. The molecule has 5 nitrogen and oxygen atoms in total. The molecule has 1 aromatic carbocycles. The van der Waals surface area contributed by atoms with Crippen molar-refractivity contribution in [3.8, 4) is 11.8 Å². The summed E-state index contributed by atoms with van der Waals surface area (Å²) in [5, 5.41) is 0. The first-order valence-electron chi connectivity index (χ1n) is 6.99. The van der Waals surface area contributed by atoms with E-state index in [-0.39, 0.29) is 11.4 Å². The summed E-state index contributed by atoms with van der Waals surface area (Å²) < 4.78 is 27.6. The SMILES string of the molecule is CN1CCC(CNS(=O)(=O)c2ccccc2C#CCN)C1. The minimum absolute atomic E-state index is 0.205. The molecule has 0 amide bonds. The molecule has 1 saturated heterocycles. The third kappa shape index (κ3) is 4.29. The fourth-order valence-electron chi connectivity index (χ4n) is 2.45. The standard InChI is InChI=1S/C15H21N3O2S/c1-18-10-8-13(12-18)11-17-21(19,20)15-7-3-2-5-14(15)6-4-9-16/h2-3,5,7,13,17H,8-12,16H2,1H3. The summed E-state index contributed by atoms with van der Waals surface area (Å²) >= 11 is 0. The zero-order valence-electron chi connectivity index (χ0n) is 12.2. The van der Waals surface area contributed by atoms with Gasteiger partial charge < -0.3 is 10.6 Å². The van der Waals surface area contributed by atoms with E-state index < -0.39 is 10.0 Å². The van der Waals surface area contributed by atoms with E-state index in [1.165, 1.54) is 0 Å². The van der Waals surface area contributed by atoms with Crippen LogP contribution in [0.1, 0.15) is 12.0 Å². The molecule has 2 rings (SSSR count). The summed E-state index contributed by atoms with van der Waals surface area (Å²) in [5.74, 6) is 5.88. The molecule has 21 heavy (non-hydrogen) atoms. The van der Waals surface area contributed by atoms with E-state index in [0.717, 1.165) is 19.5 Å². The van der Waals surface area contributed by atoms with Crippen LogP contribution in [0.3, 0.4) is 0 Å². The van der Waals surface area contributed by atoms with Crippen LogP contribution in [-0.2, 0) is 10.0 Å². The van der Waals surface area contributed by atoms with E-state index in [1.54, 1.807) is 24.3 Å². The number of nitrogens with zero attached hydrogens (tertiary/aromatic N) is 1. The van der Waals surface area contributed by atoms with Crippen LogP contribution in [-0.4, -0.2) is 46.5 Å². The topological polar surface area (TPSA) is 75.4 Å². The zero-order chi connectivity index (χ0) is 15.3. The Hall–Kier alpha value is -1.39. The Morgan fingerprint density at radius 2 is 2.19 bits per heavy atom. The number of hydrogen-bond acceptors (Lipinski definition) is 4. The zero-order valence-corrected chi connectivity index (χ0v) is 13.0. The molecule has 1 heterocycles. The lowest BCUT2D eigenvalue weighted by Gasteiger charge is -2.13. The van der Waals surface area contributed by atoms with Crippen molar-refractivity contribution in [2.45, 2.75) is 11.3 Å². The van der Waals surface area contributed by atoms with Gasteiger partial charge in [0.15, 0.2) is 0 Å². The summed E-state index contributed by atoms with van der Waals surface area (Å²) in [5.41, 5.74) is 5.83. The first kappa shape index (κ1) is 16.0. The average molecular weight is 307 g/mol. The number of hydrogen-bond donors (Lipinski definition) is 2. The van der Waals surface area contributed by atoms with Gasteiger partial charge in [0.25, 0.3) is 0 Å². The number of nitrogens with two attached hydrogens (primary N) is 1. The largest absolute Gasteiger partial charge is 0.320 e. The highest BCUT2D eigenvalue weighted by Crippen LogP contribution is 2.17. The van der Waals surface area contributed by atoms with Gasteiger partial charge in [-0.25, -0.2) is 13.1 Å². The third-order valence-electron chi connectivity index (χ3n) is 3.55. The molecule has 0 aliphatic carbocycles. The van der Waals surface area contributed by atoms with Crippen molar-refractivity contribution in [2.75, 3.05) is 33.2 Å². The number of nitrogens with one attached hydrogen (secondary N) is 1. The van der Waals surface area contributed by atoms with Gasteiger partial charge in [-0.2, -0.15) is 0 Å². The predicted molar refractivity (Wildman–Crippen MR) is 83.2 cm³/mol. The minimum Gasteiger partial charge on any atom is -0.320 e. The van der Waals surface area contributed by atoms with Gasteiger partial charge in [0, 0.05) is 18.7 Å². The van der Waals surface area contributed by atoms with Gasteiger partial charge >= 0.3 is 0 Å².